The summed E-state index contributed by atoms with van der Waals surface area (Å²) in [6.07, 6.45) is -6.37. The highest BCUT2D eigenvalue weighted by Crippen LogP contribution is 2.21. The number of primary amides is 1. The topological polar surface area (TPSA) is 496 Å². The third kappa shape index (κ3) is 34.5. The number of carboxylic acid groups (broad SMARTS) is 5. The van der Waals surface area contributed by atoms with E-state index in [1.165, 1.54) is 25.6 Å². The number of carbonyl (C=O) groups is 16. The number of aliphatic carboxylic acids is 5. The lowest BCUT2D eigenvalue weighted by Crippen LogP contribution is -2.49. The van der Waals surface area contributed by atoms with Crippen LogP contribution in [0.15, 0.2) is 0 Å². The number of thioether (sulfide) groups is 1. The van der Waals surface area contributed by atoms with Crippen molar-refractivity contribution in [3.63, 3.8) is 0 Å². The Bertz CT molecular complexity index is 2230. The van der Waals surface area contributed by atoms with Crippen molar-refractivity contribution in [1.29, 1.82) is 0 Å². The maximum Gasteiger partial charge on any atom is 0.303 e. The van der Waals surface area contributed by atoms with Gasteiger partial charge < -0.3 is 68.3 Å². The first-order valence-electron chi connectivity index (χ1n) is 26.2. The number of hydrogen-bond donors (Lipinski definition) is 12. The molecule has 0 aliphatic carbocycles. The molecule has 8 atom stereocenters. The number of hydrogen-bond acceptors (Lipinski definition) is 19. The quantitative estimate of drug-likeness (QED) is 0.0327. The summed E-state index contributed by atoms with van der Waals surface area (Å²) in [6, 6.07) is -5.51. The zero-order valence-electron chi connectivity index (χ0n) is 45.8. The van der Waals surface area contributed by atoms with E-state index in [0.717, 1.165) is 0 Å². The fourth-order valence-electron chi connectivity index (χ4n) is 7.95. The van der Waals surface area contributed by atoms with Crippen LogP contribution in [0.5, 0.6) is 0 Å². The van der Waals surface area contributed by atoms with Crippen molar-refractivity contribution < 1.29 is 107 Å². The monoisotopic (exact) mass is 1170 g/mol. The molecule has 0 bridgehead atoms. The van der Waals surface area contributed by atoms with Gasteiger partial charge in [-0.3, -0.25) is 76.7 Å². The molecule has 0 saturated heterocycles. The average Bonchev–Trinajstić information content (AvgIpc) is 3.39. The Morgan fingerprint density at radius 3 is 1.31 bits per heavy atom. The number of ether oxygens (including phenoxy) is 1. The van der Waals surface area contributed by atoms with Crippen molar-refractivity contribution in [3.8, 4) is 0 Å². The number of carbonyl (C=O) groups excluding carboxylic acids is 11. The number of ketones is 5. The summed E-state index contributed by atoms with van der Waals surface area (Å²) in [5, 5.41) is 59.2. The van der Waals surface area contributed by atoms with Crippen LogP contribution < -0.4 is 38.1 Å². The SMILES string of the molecule is CSC[C@H](NC(C)=O)C(=O)C[C@@H](C)C(=O)NCC(=O)CCCOCC(=O)C[C@H](CCC(=O)O)C(=O)N[C@H](CCC(=O)O)C(=O)C[C@H](CCC(=O)O)C(=O)N[C@H](CCC(=O)O)C(=O)C[C@H](CCC(=O)O)C(=O)N[C@H](CCCCN)C(N)=O. The van der Waals surface area contributed by atoms with Crippen molar-refractivity contribution in [1.82, 2.24) is 26.6 Å². The third-order valence-corrected chi connectivity index (χ3v) is 13.1. The van der Waals surface area contributed by atoms with Crippen LogP contribution in [0.3, 0.4) is 0 Å². The molecular formula is C51H79N7O22S. The molecule has 0 aromatic carbocycles. The molecule has 0 heterocycles. The van der Waals surface area contributed by atoms with Gasteiger partial charge in [0.25, 0.3) is 0 Å². The van der Waals surface area contributed by atoms with Crippen LogP contribution in [0.25, 0.3) is 0 Å². The molecule has 29 nitrogen and oxygen atoms in total. The fourth-order valence-corrected chi connectivity index (χ4v) is 8.56. The first-order valence-corrected chi connectivity index (χ1v) is 27.6. The Hall–Kier alpha value is -7.21. The maximum atomic E-state index is 14.0. The molecule has 0 aromatic rings. The second-order valence-corrected chi connectivity index (χ2v) is 20.3. The van der Waals surface area contributed by atoms with E-state index < -0.39 is 226 Å². The number of carboxylic acids is 5. The lowest BCUT2D eigenvalue weighted by atomic mass is 9.89. The predicted octanol–water partition coefficient (Wildman–Crippen LogP) is -0.950. The van der Waals surface area contributed by atoms with Gasteiger partial charge in [0, 0.05) is 107 Å². The van der Waals surface area contributed by atoms with Crippen LogP contribution in [-0.4, -0.2) is 182 Å². The summed E-state index contributed by atoms with van der Waals surface area (Å²) in [7, 11) is 0. The summed E-state index contributed by atoms with van der Waals surface area (Å²) in [5.74, 6) is -20.9. The Morgan fingerprint density at radius 1 is 0.481 bits per heavy atom. The van der Waals surface area contributed by atoms with Gasteiger partial charge in [0.1, 0.15) is 12.6 Å². The molecule has 0 aliphatic rings. The van der Waals surface area contributed by atoms with Crippen LogP contribution in [0.2, 0.25) is 0 Å². The molecule has 0 aliphatic heterocycles. The van der Waals surface area contributed by atoms with E-state index in [2.05, 4.69) is 26.6 Å². The van der Waals surface area contributed by atoms with Gasteiger partial charge in [-0.1, -0.05) is 6.92 Å². The van der Waals surface area contributed by atoms with Crippen molar-refractivity contribution in [3.05, 3.63) is 0 Å². The highest BCUT2D eigenvalue weighted by molar-refractivity contribution is 7.98. The Labute approximate surface area is 471 Å². The smallest absolute Gasteiger partial charge is 0.303 e. The third-order valence-electron chi connectivity index (χ3n) is 12.4. The number of nitrogens with two attached hydrogens (primary N) is 2. The van der Waals surface area contributed by atoms with E-state index in [-0.39, 0.29) is 51.2 Å². The minimum absolute atomic E-state index is 0.0473. The average molecular weight is 1170 g/mol. The number of Topliss-reactive ketones (excluding diaryl/α,β-unsaturated/α-hetero) is 5. The molecule has 0 unspecified atom stereocenters. The number of amides is 6. The highest BCUT2D eigenvalue weighted by Gasteiger charge is 2.35. The number of unbranched alkanes of at least 4 members (excludes halogenated alkanes) is 1. The number of rotatable bonds is 49. The fraction of sp³-hybridized carbons (Fsp3) is 0.686. The molecule has 456 valence electrons. The van der Waals surface area contributed by atoms with Crippen molar-refractivity contribution in [2.24, 2.45) is 35.1 Å². The standard InChI is InChI=1S/C51H79N7O22S/c1-28(21-39(62)38(27-81-3)55-29(2)59)48(76)54-25-33(60)7-6-20-80-26-34(61)22-30(9-14-42(65)66)49(77)56-35(12-17-45(71)72)40(63)23-31(10-15-43(67)68)50(78)57-36(13-18-46(73)74)41(64)24-32(11-16-44(69)70)51(79)58-37(47(53)75)8-4-5-19-52/h28,30-32,35-38H,4-27,52H2,1-3H3,(H2,53,75)(H,54,76)(H,55,59)(H,56,77)(H,57,78)(H,58,79)(H,65,66)(H,67,68)(H,69,70)(H,71,72)(H,73,74)/t28-,30+,31+,32+,35-,36-,37-,38+/m1/s1. The largest absolute Gasteiger partial charge is 0.481 e. The molecule has 14 N–H and O–H groups in total. The lowest BCUT2D eigenvalue weighted by molar-refractivity contribution is -0.141. The normalized spacial score (nSPS) is 13.9. The minimum Gasteiger partial charge on any atom is -0.481 e. The van der Waals surface area contributed by atoms with Crippen molar-refractivity contribution in [2.75, 3.05) is 38.3 Å². The second kappa shape index (κ2) is 40.9. The van der Waals surface area contributed by atoms with E-state index in [1.807, 2.05) is 0 Å². The van der Waals surface area contributed by atoms with Gasteiger partial charge in [0.05, 0.1) is 24.7 Å². The van der Waals surface area contributed by atoms with E-state index in [1.54, 1.807) is 6.26 Å². The summed E-state index contributed by atoms with van der Waals surface area (Å²) in [6.45, 7) is 1.86. The van der Waals surface area contributed by atoms with E-state index >= 15 is 0 Å². The second-order valence-electron chi connectivity index (χ2n) is 19.4. The van der Waals surface area contributed by atoms with E-state index in [9.17, 15) is 102 Å². The van der Waals surface area contributed by atoms with Gasteiger partial charge >= 0.3 is 29.8 Å². The van der Waals surface area contributed by atoms with Crippen LogP contribution in [0.1, 0.15) is 136 Å². The maximum absolute atomic E-state index is 14.0. The minimum atomic E-state index is -1.75. The van der Waals surface area contributed by atoms with E-state index in [4.69, 9.17) is 16.2 Å². The first kappa shape index (κ1) is 73.8. The lowest BCUT2D eigenvalue weighted by Gasteiger charge is -2.25. The molecule has 30 heteroatoms. The summed E-state index contributed by atoms with van der Waals surface area (Å²) >= 11 is 1.33. The summed E-state index contributed by atoms with van der Waals surface area (Å²) < 4.78 is 5.36. The molecule has 0 aromatic heterocycles. The van der Waals surface area contributed by atoms with Crippen LogP contribution in [0.4, 0.5) is 0 Å². The first-order chi connectivity index (χ1) is 38.0. The molecule has 0 radical (unpaired) electrons. The molecule has 6 amide bonds. The number of nitrogens with one attached hydrogen (secondary N) is 5. The van der Waals surface area contributed by atoms with E-state index in [0.29, 0.717) is 18.6 Å². The summed E-state index contributed by atoms with van der Waals surface area (Å²) in [4.78, 5) is 201. The van der Waals surface area contributed by atoms with Gasteiger partial charge in [0.2, 0.25) is 35.4 Å². The van der Waals surface area contributed by atoms with Gasteiger partial charge in [0.15, 0.2) is 28.9 Å². The zero-order chi connectivity index (χ0) is 61.8. The molecule has 0 fully saturated rings. The van der Waals surface area contributed by atoms with Crippen molar-refractivity contribution >= 4 is 106 Å². The Morgan fingerprint density at radius 2 is 0.901 bits per heavy atom. The Balaban J connectivity index is 6.18. The zero-order valence-corrected chi connectivity index (χ0v) is 46.6. The highest BCUT2D eigenvalue weighted by atomic mass is 32.2. The predicted molar refractivity (Wildman–Crippen MR) is 284 cm³/mol. The van der Waals surface area contributed by atoms with Gasteiger partial charge in [-0.05, 0) is 70.6 Å². The molecule has 81 heavy (non-hydrogen) atoms. The van der Waals surface area contributed by atoms with Crippen LogP contribution in [-0.2, 0) is 81.4 Å². The van der Waals surface area contributed by atoms with Gasteiger partial charge in [-0.15, -0.1) is 0 Å². The van der Waals surface area contributed by atoms with Crippen LogP contribution in [0, 0.1) is 23.7 Å². The molecule has 0 saturated carbocycles. The van der Waals surface area contributed by atoms with Gasteiger partial charge in [-0.25, -0.2) is 0 Å². The molecular weight excluding hydrogens is 1090 g/mol. The molecule has 0 spiro atoms. The van der Waals surface area contributed by atoms with Gasteiger partial charge in [-0.2, -0.15) is 11.8 Å². The Kier molecular flexibility index (Phi) is 37.2. The summed E-state index contributed by atoms with van der Waals surface area (Å²) in [5.41, 5.74) is 10.9. The van der Waals surface area contributed by atoms with Crippen molar-refractivity contribution in [2.45, 2.75) is 160 Å². The van der Waals surface area contributed by atoms with Crippen LogP contribution >= 0.6 is 11.8 Å². The molecule has 0 rings (SSSR count).